The molecule has 9 aromatic rings. The van der Waals surface area contributed by atoms with Crippen LogP contribution in [-0.4, -0.2) is 19.6 Å². The molecule has 0 spiro atoms. The summed E-state index contributed by atoms with van der Waals surface area (Å²) in [7, 11) is 0. The molecule has 69 heavy (non-hydrogen) atoms. The van der Waals surface area contributed by atoms with Crippen LogP contribution in [0.5, 0.6) is 5.75 Å². The molecule has 352 valence electrons. The second kappa shape index (κ2) is 18.9. The van der Waals surface area contributed by atoms with Crippen LogP contribution in [0.15, 0.2) is 158 Å². The van der Waals surface area contributed by atoms with Crippen LogP contribution in [0.4, 0.5) is 0 Å². The molecule has 0 amide bonds. The standard InChI is InChI=1S/C64H64N3O.Pt/c1-40(2)50-25-19-26-51(43-23-17-14-18-24-43)58(50)45-29-30-56(41(3)33-45)67-57-28-20-27-52(59(57)66-61(67)53-38-49(63(7,8)9)39-54(60(53)68)64(10,11)12)46-34-47(36-48(35-46)62(4,5)6)55-37-44(31-32-65-55)42-21-15-13-16-22-42;/h13-33,35-40,68H,1-12H3;/q-1;/i13D,15D,16D,21D,22D;. The maximum absolute atomic E-state index is 12.6. The minimum atomic E-state index is -0.438. The van der Waals surface area contributed by atoms with E-state index < -0.39 is 18.1 Å². The van der Waals surface area contributed by atoms with E-state index in [1.165, 1.54) is 16.7 Å². The Hall–Kier alpha value is -6.35. The van der Waals surface area contributed by atoms with Crippen LogP contribution in [0.2, 0.25) is 0 Å². The quantitative estimate of drug-likeness (QED) is 0.154. The summed E-state index contributed by atoms with van der Waals surface area (Å²) in [6, 6.07) is 44.0. The van der Waals surface area contributed by atoms with E-state index in [0.29, 0.717) is 28.2 Å². The third kappa shape index (κ3) is 9.66. The van der Waals surface area contributed by atoms with E-state index in [0.717, 1.165) is 61.2 Å². The van der Waals surface area contributed by atoms with Gasteiger partial charge in [0.1, 0.15) is 11.6 Å². The fourth-order valence-electron chi connectivity index (χ4n) is 9.26. The Balaban J connectivity index is 0.00000729. The number of hydrogen-bond donors (Lipinski definition) is 1. The predicted molar refractivity (Wildman–Crippen MR) is 287 cm³/mol. The number of benzene rings is 7. The summed E-state index contributed by atoms with van der Waals surface area (Å²) in [6.07, 6.45) is 1.61. The van der Waals surface area contributed by atoms with Crippen LogP contribution in [0, 0.1) is 13.0 Å². The molecule has 0 bridgehead atoms. The number of pyridine rings is 1. The number of aromatic nitrogens is 3. The molecule has 0 fully saturated rings. The van der Waals surface area contributed by atoms with Gasteiger partial charge in [-0.05, 0) is 109 Å². The van der Waals surface area contributed by atoms with Crippen LogP contribution < -0.4 is 0 Å². The molecule has 0 aliphatic carbocycles. The monoisotopic (exact) mass is 1090 g/mol. The third-order valence-electron chi connectivity index (χ3n) is 13.1. The van der Waals surface area contributed by atoms with Gasteiger partial charge in [0, 0.05) is 38.5 Å². The first-order chi connectivity index (χ1) is 34.3. The van der Waals surface area contributed by atoms with Gasteiger partial charge in [-0.25, -0.2) is 4.98 Å². The van der Waals surface area contributed by atoms with E-state index in [1.807, 2.05) is 0 Å². The van der Waals surface area contributed by atoms with Crippen molar-refractivity contribution in [2.75, 3.05) is 0 Å². The molecule has 0 aliphatic heterocycles. The van der Waals surface area contributed by atoms with Gasteiger partial charge in [0.2, 0.25) is 0 Å². The Morgan fingerprint density at radius 3 is 1.94 bits per heavy atom. The molecule has 9 rings (SSSR count). The summed E-state index contributed by atoms with van der Waals surface area (Å²) in [5, 5.41) is 12.6. The molecule has 2 heterocycles. The Morgan fingerprint density at radius 2 is 1.28 bits per heavy atom. The summed E-state index contributed by atoms with van der Waals surface area (Å²) in [6.45, 7) is 26.1. The molecule has 4 nitrogen and oxygen atoms in total. The Bertz CT molecular complexity index is 3610. The normalized spacial score (nSPS) is 13.1. The Morgan fingerprint density at radius 1 is 0.609 bits per heavy atom. The van der Waals surface area contributed by atoms with Crippen molar-refractivity contribution in [2.24, 2.45) is 0 Å². The minimum Gasteiger partial charge on any atom is -0.507 e. The molecule has 2 aromatic heterocycles. The van der Waals surface area contributed by atoms with E-state index in [9.17, 15) is 5.11 Å². The fraction of sp³-hybridized carbons (Fsp3) is 0.250. The molecule has 0 radical (unpaired) electrons. The SMILES string of the molecule is [2H]c1c([2H])c([2H])c(-c2ccnc(-c3[c-]c(-c4cccc5c4nc(-c4cc(C(C)(C)C)cc(C(C)(C)C)c4O)n5-c4ccc(-c5c(-c6ccccc6)cccc5C(C)C)cc4C)cc(C(C)(C)C)c3)c2)c([2H])c1[2H].[Pt]. The first kappa shape index (κ1) is 42.7. The van der Waals surface area contributed by atoms with Crippen LogP contribution >= 0.6 is 0 Å². The molecule has 0 atom stereocenters. The number of phenolic OH excluding ortho intramolecular Hbond substituents is 1. The average Bonchev–Trinajstić information content (AvgIpc) is 3.73. The third-order valence-corrected chi connectivity index (χ3v) is 13.1. The van der Waals surface area contributed by atoms with E-state index >= 15 is 0 Å². The number of imidazole rings is 1. The average molecular weight is 1090 g/mol. The van der Waals surface area contributed by atoms with Crippen LogP contribution in [0.25, 0.3) is 83.9 Å². The van der Waals surface area contributed by atoms with E-state index in [1.54, 1.807) is 18.3 Å². The van der Waals surface area contributed by atoms with Gasteiger partial charge in [-0.2, -0.15) is 0 Å². The van der Waals surface area contributed by atoms with Crippen molar-refractivity contribution in [3.8, 4) is 78.6 Å². The first-order valence-electron chi connectivity index (χ1n) is 26.2. The fourth-order valence-corrected chi connectivity index (χ4v) is 9.26. The number of phenols is 1. The summed E-state index contributed by atoms with van der Waals surface area (Å²) in [5.74, 6) is 1.09. The van der Waals surface area contributed by atoms with Crippen LogP contribution in [0.3, 0.4) is 0 Å². The summed E-state index contributed by atoms with van der Waals surface area (Å²) >= 11 is 0. The van der Waals surface area contributed by atoms with Gasteiger partial charge in [-0.15, -0.1) is 29.3 Å². The summed E-state index contributed by atoms with van der Waals surface area (Å²) < 4.78 is 44.6. The molecular formula is C64H64N3OPt-. The second-order valence-corrected chi connectivity index (χ2v) is 21.5. The van der Waals surface area contributed by atoms with Crippen molar-refractivity contribution < 1.29 is 33.0 Å². The molecule has 5 heteroatoms. The number of hydrogen-bond acceptors (Lipinski definition) is 3. The molecule has 0 aliphatic rings. The van der Waals surface area contributed by atoms with Gasteiger partial charge >= 0.3 is 0 Å². The number of aromatic hydroxyl groups is 1. The smallest absolute Gasteiger partial charge is 0.148 e. The van der Waals surface area contributed by atoms with Crippen molar-refractivity contribution in [3.05, 3.63) is 192 Å². The van der Waals surface area contributed by atoms with Crippen molar-refractivity contribution in [3.63, 3.8) is 0 Å². The summed E-state index contributed by atoms with van der Waals surface area (Å²) in [4.78, 5) is 10.4. The van der Waals surface area contributed by atoms with Gasteiger partial charge in [0.25, 0.3) is 0 Å². The Labute approximate surface area is 431 Å². The zero-order valence-corrected chi connectivity index (χ0v) is 44.1. The zero-order chi connectivity index (χ0) is 52.6. The van der Waals surface area contributed by atoms with E-state index in [2.05, 4.69) is 203 Å². The van der Waals surface area contributed by atoms with Crippen molar-refractivity contribution >= 4 is 11.0 Å². The molecule has 0 saturated carbocycles. The molecule has 0 unspecified atom stereocenters. The maximum Gasteiger partial charge on any atom is 0.148 e. The topological polar surface area (TPSA) is 50.9 Å². The van der Waals surface area contributed by atoms with Crippen molar-refractivity contribution in [2.45, 2.75) is 105 Å². The number of rotatable bonds is 8. The van der Waals surface area contributed by atoms with Crippen molar-refractivity contribution in [1.82, 2.24) is 14.5 Å². The molecular weight excluding hydrogens is 1020 g/mol. The van der Waals surface area contributed by atoms with Crippen molar-refractivity contribution in [1.29, 1.82) is 0 Å². The summed E-state index contributed by atoms with van der Waals surface area (Å²) in [5.41, 5.74) is 15.6. The van der Waals surface area contributed by atoms with Gasteiger partial charge in [-0.3, -0.25) is 9.55 Å². The first-order valence-corrected chi connectivity index (χ1v) is 23.7. The molecule has 0 saturated heterocycles. The van der Waals surface area contributed by atoms with Gasteiger partial charge < -0.3 is 5.11 Å². The van der Waals surface area contributed by atoms with Gasteiger partial charge in [-0.1, -0.05) is 196 Å². The maximum atomic E-state index is 12.6. The molecule has 7 aromatic carbocycles. The predicted octanol–water partition coefficient (Wildman–Crippen LogP) is 17.3. The number of fused-ring (bicyclic) bond motifs is 1. The second-order valence-electron chi connectivity index (χ2n) is 21.5. The number of aryl methyl sites for hydroxylation is 1. The number of para-hydroxylation sites is 1. The Kier molecular flexibility index (Phi) is 11.7. The largest absolute Gasteiger partial charge is 0.507 e. The van der Waals surface area contributed by atoms with E-state index in [-0.39, 0.29) is 66.6 Å². The number of nitrogens with zero attached hydrogens (tertiary/aromatic N) is 3. The minimum absolute atomic E-state index is 0. The van der Waals surface area contributed by atoms with Crippen LogP contribution in [0.1, 0.15) is 117 Å². The van der Waals surface area contributed by atoms with Gasteiger partial charge in [0.15, 0.2) is 0 Å². The van der Waals surface area contributed by atoms with E-state index in [4.69, 9.17) is 16.8 Å². The van der Waals surface area contributed by atoms with Crippen LogP contribution in [-0.2, 0) is 37.3 Å². The molecule has 1 N–H and O–H groups in total. The van der Waals surface area contributed by atoms with Gasteiger partial charge in [0.05, 0.1) is 29.1 Å². The zero-order valence-electron chi connectivity index (χ0n) is 46.8.